The normalized spacial score (nSPS) is 15.4. The van der Waals surface area contributed by atoms with Gasteiger partial charge < -0.3 is 10.5 Å². The number of hydrogen-bond donors (Lipinski definition) is 1. The van der Waals surface area contributed by atoms with Crippen molar-refractivity contribution in [2.24, 2.45) is 5.73 Å². The smallest absolute Gasteiger partial charge is 0.220 e. The fraction of sp³-hybridized carbons (Fsp3) is 0.462. The number of hydrogen-bond acceptors (Lipinski definition) is 2. The number of ether oxygens (including phenoxy) is 1. The summed E-state index contributed by atoms with van der Waals surface area (Å²) >= 11 is 0. The van der Waals surface area contributed by atoms with Crippen LogP contribution in [0.2, 0.25) is 0 Å². The highest BCUT2D eigenvalue weighted by Gasteiger charge is 2.11. The Hall–Kier alpha value is -1.51. The summed E-state index contributed by atoms with van der Waals surface area (Å²) in [6.07, 6.45) is 7.31. The van der Waals surface area contributed by atoms with Crippen LogP contribution in [-0.2, 0) is 9.53 Å². The molecule has 0 unspecified atom stereocenters. The SMILES string of the molecule is C=C1C=C(OCCC(N)=O)C(CCC)=CC1. The minimum atomic E-state index is -0.337. The number of carbonyl (C=O) groups is 1. The summed E-state index contributed by atoms with van der Waals surface area (Å²) in [4.78, 5) is 10.6. The minimum Gasteiger partial charge on any atom is -0.493 e. The van der Waals surface area contributed by atoms with Gasteiger partial charge in [-0.3, -0.25) is 4.79 Å². The molecule has 0 fully saturated rings. The molecule has 16 heavy (non-hydrogen) atoms. The van der Waals surface area contributed by atoms with Crippen LogP contribution in [-0.4, -0.2) is 12.5 Å². The van der Waals surface area contributed by atoms with Crippen molar-refractivity contribution in [1.82, 2.24) is 0 Å². The fourth-order valence-corrected chi connectivity index (χ4v) is 1.58. The number of allylic oxidation sites excluding steroid dienone is 4. The molecule has 3 nitrogen and oxygen atoms in total. The van der Waals surface area contributed by atoms with Crippen molar-refractivity contribution in [1.29, 1.82) is 0 Å². The van der Waals surface area contributed by atoms with Gasteiger partial charge in [0, 0.05) is 0 Å². The van der Waals surface area contributed by atoms with Gasteiger partial charge in [-0.1, -0.05) is 26.0 Å². The van der Waals surface area contributed by atoms with E-state index >= 15 is 0 Å². The van der Waals surface area contributed by atoms with Crippen LogP contribution in [0.25, 0.3) is 0 Å². The maximum Gasteiger partial charge on any atom is 0.220 e. The average Bonchev–Trinajstić information content (AvgIpc) is 2.21. The number of carbonyl (C=O) groups excluding carboxylic acids is 1. The van der Waals surface area contributed by atoms with Gasteiger partial charge in [-0.25, -0.2) is 0 Å². The van der Waals surface area contributed by atoms with E-state index in [4.69, 9.17) is 10.5 Å². The first kappa shape index (κ1) is 12.6. The van der Waals surface area contributed by atoms with E-state index in [-0.39, 0.29) is 12.3 Å². The third kappa shape index (κ3) is 3.93. The molecule has 0 spiro atoms. The largest absolute Gasteiger partial charge is 0.493 e. The van der Waals surface area contributed by atoms with Crippen LogP contribution in [0.15, 0.2) is 35.6 Å². The zero-order chi connectivity index (χ0) is 12.0. The van der Waals surface area contributed by atoms with E-state index in [0.717, 1.165) is 30.6 Å². The molecule has 0 atom stereocenters. The Kier molecular flexibility index (Phi) is 4.83. The van der Waals surface area contributed by atoms with Gasteiger partial charge in [0.05, 0.1) is 13.0 Å². The topological polar surface area (TPSA) is 52.3 Å². The first-order valence-electron chi connectivity index (χ1n) is 5.63. The van der Waals surface area contributed by atoms with E-state index in [1.807, 2.05) is 6.08 Å². The monoisotopic (exact) mass is 221 g/mol. The van der Waals surface area contributed by atoms with Gasteiger partial charge in [-0.2, -0.15) is 0 Å². The zero-order valence-electron chi connectivity index (χ0n) is 9.79. The lowest BCUT2D eigenvalue weighted by molar-refractivity contribution is -0.118. The van der Waals surface area contributed by atoms with Crippen LogP contribution in [0, 0.1) is 0 Å². The third-order valence-corrected chi connectivity index (χ3v) is 2.39. The van der Waals surface area contributed by atoms with Gasteiger partial charge in [0.15, 0.2) is 0 Å². The Bertz CT molecular complexity index is 340. The Morgan fingerprint density at radius 3 is 3.00 bits per heavy atom. The predicted octanol–water partition coefficient (Wildman–Crippen LogP) is 2.45. The van der Waals surface area contributed by atoms with Gasteiger partial charge in [0.25, 0.3) is 0 Å². The summed E-state index contributed by atoms with van der Waals surface area (Å²) in [5.41, 5.74) is 7.30. The molecule has 2 N–H and O–H groups in total. The highest BCUT2D eigenvalue weighted by Crippen LogP contribution is 2.25. The molecule has 1 rings (SSSR count). The molecule has 0 radical (unpaired) electrons. The number of rotatable bonds is 6. The molecule has 0 saturated carbocycles. The summed E-state index contributed by atoms with van der Waals surface area (Å²) < 4.78 is 5.56. The molecular formula is C13H19NO2. The molecule has 0 aliphatic heterocycles. The van der Waals surface area contributed by atoms with Crippen LogP contribution < -0.4 is 5.73 Å². The molecule has 0 aromatic carbocycles. The molecule has 0 heterocycles. The summed E-state index contributed by atoms with van der Waals surface area (Å²) in [6.45, 7) is 6.38. The fourth-order valence-electron chi connectivity index (χ4n) is 1.58. The zero-order valence-corrected chi connectivity index (χ0v) is 9.79. The predicted molar refractivity (Wildman–Crippen MR) is 64.6 cm³/mol. The Morgan fingerprint density at radius 2 is 2.38 bits per heavy atom. The van der Waals surface area contributed by atoms with E-state index < -0.39 is 0 Å². The van der Waals surface area contributed by atoms with Crippen molar-refractivity contribution in [2.75, 3.05) is 6.61 Å². The molecule has 0 aromatic rings. The first-order chi connectivity index (χ1) is 7.63. The summed E-state index contributed by atoms with van der Waals surface area (Å²) in [6, 6.07) is 0. The van der Waals surface area contributed by atoms with E-state index in [9.17, 15) is 4.79 Å². The number of amides is 1. The van der Waals surface area contributed by atoms with Crippen LogP contribution in [0.5, 0.6) is 0 Å². The van der Waals surface area contributed by atoms with Crippen LogP contribution in [0.1, 0.15) is 32.6 Å². The van der Waals surface area contributed by atoms with Crippen molar-refractivity contribution < 1.29 is 9.53 Å². The quantitative estimate of drug-likeness (QED) is 0.749. The van der Waals surface area contributed by atoms with E-state index in [1.54, 1.807) is 0 Å². The van der Waals surface area contributed by atoms with Gasteiger partial charge in [-0.15, -0.1) is 0 Å². The molecular weight excluding hydrogens is 202 g/mol. The summed E-state index contributed by atoms with van der Waals surface area (Å²) in [5.74, 6) is 0.510. The van der Waals surface area contributed by atoms with E-state index in [2.05, 4.69) is 19.6 Å². The molecule has 0 aromatic heterocycles. The van der Waals surface area contributed by atoms with Crippen molar-refractivity contribution in [2.45, 2.75) is 32.6 Å². The molecule has 3 heteroatoms. The lowest BCUT2D eigenvalue weighted by atomic mass is 9.98. The highest BCUT2D eigenvalue weighted by molar-refractivity contribution is 5.73. The number of nitrogens with two attached hydrogens (primary N) is 1. The van der Waals surface area contributed by atoms with Gasteiger partial charge in [0.1, 0.15) is 5.76 Å². The van der Waals surface area contributed by atoms with Crippen molar-refractivity contribution in [3.05, 3.63) is 35.6 Å². The molecule has 0 bridgehead atoms. The van der Waals surface area contributed by atoms with E-state index in [1.165, 1.54) is 5.57 Å². The van der Waals surface area contributed by atoms with Gasteiger partial charge >= 0.3 is 0 Å². The van der Waals surface area contributed by atoms with Gasteiger partial charge in [0.2, 0.25) is 5.91 Å². The second-order valence-electron chi connectivity index (χ2n) is 3.92. The second kappa shape index (κ2) is 6.16. The molecule has 1 amide bonds. The minimum absolute atomic E-state index is 0.253. The van der Waals surface area contributed by atoms with Crippen molar-refractivity contribution in [3.63, 3.8) is 0 Å². The lowest BCUT2D eigenvalue weighted by Gasteiger charge is -2.17. The van der Waals surface area contributed by atoms with Crippen LogP contribution in [0.3, 0.4) is 0 Å². The summed E-state index contributed by atoms with van der Waals surface area (Å²) in [7, 11) is 0. The lowest BCUT2D eigenvalue weighted by Crippen LogP contribution is -2.14. The second-order valence-corrected chi connectivity index (χ2v) is 3.92. The van der Waals surface area contributed by atoms with E-state index in [0.29, 0.717) is 6.61 Å². The summed E-state index contributed by atoms with van der Waals surface area (Å²) in [5, 5.41) is 0. The third-order valence-electron chi connectivity index (χ3n) is 2.39. The maximum atomic E-state index is 10.6. The first-order valence-corrected chi connectivity index (χ1v) is 5.63. The average molecular weight is 221 g/mol. The molecule has 88 valence electrons. The van der Waals surface area contributed by atoms with Crippen LogP contribution >= 0.6 is 0 Å². The van der Waals surface area contributed by atoms with Crippen molar-refractivity contribution in [3.8, 4) is 0 Å². The van der Waals surface area contributed by atoms with Crippen molar-refractivity contribution >= 4 is 5.91 Å². The Morgan fingerprint density at radius 1 is 1.62 bits per heavy atom. The highest BCUT2D eigenvalue weighted by atomic mass is 16.5. The van der Waals surface area contributed by atoms with Gasteiger partial charge in [-0.05, 0) is 30.1 Å². The number of primary amides is 1. The molecule has 1 aliphatic carbocycles. The standard InChI is InChI=1S/C13H19NO2/c1-3-4-11-6-5-10(2)9-12(11)16-8-7-13(14)15/h6,9H,2-5,7-8H2,1H3,(H2,14,15). The molecule has 0 saturated heterocycles. The maximum absolute atomic E-state index is 10.6. The molecule has 1 aliphatic rings. The Balaban J connectivity index is 2.55. The van der Waals surface area contributed by atoms with Crippen LogP contribution in [0.4, 0.5) is 0 Å². The Labute approximate surface area is 96.7 Å².